The second-order valence-corrected chi connectivity index (χ2v) is 10.1. The Labute approximate surface area is 256 Å². The zero-order chi connectivity index (χ0) is 30.3. The van der Waals surface area contributed by atoms with Gasteiger partial charge >= 0.3 is 6.09 Å². The fourth-order valence-corrected chi connectivity index (χ4v) is 4.73. The molecule has 0 saturated heterocycles. The lowest BCUT2D eigenvalue weighted by Gasteiger charge is -2.17. The Kier molecular flexibility index (Phi) is 9.08. The molecule has 0 radical (unpaired) electrons. The van der Waals surface area contributed by atoms with Crippen molar-refractivity contribution < 1.29 is 14.3 Å². The third-order valence-electron chi connectivity index (χ3n) is 6.45. The van der Waals surface area contributed by atoms with Crippen LogP contribution in [0.4, 0.5) is 10.5 Å². The quantitative estimate of drug-likeness (QED) is 0.187. The molecule has 2 amide bonds. The topological polar surface area (TPSA) is 153 Å². The van der Waals surface area contributed by atoms with E-state index in [1.807, 2.05) is 19.1 Å². The number of H-pyrrole nitrogens is 1. The number of ether oxygens (including phenoxy) is 1. The number of pyridine rings is 1. The molecule has 0 aliphatic heterocycles. The molecule has 12 nitrogen and oxygen atoms in total. The molecule has 0 saturated carbocycles. The molecule has 0 aliphatic rings. The predicted octanol–water partition coefficient (Wildman–Crippen LogP) is 5.35. The van der Waals surface area contributed by atoms with Crippen LogP contribution in [-0.2, 0) is 16.0 Å². The fourth-order valence-electron chi connectivity index (χ4n) is 4.30. The Hall–Kier alpha value is -5.07. The number of aromatic amines is 1. The van der Waals surface area contributed by atoms with Crippen LogP contribution < -0.4 is 10.6 Å². The highest BCUT2D eigenvalue weighted by Crippen LogP contribution is 2.30. The highest BCUT2D eigenvalue weighted by Gasteiger charge is 2.22. The van der Waals surface area contributed by atoms with Gasteiger partial charge in [-0.25, -0.2) is 9.78 Å². The number of methoxy groups -OCH3 is 1. The minimum Gasteiger partial charge on any atom is -0.453 e. The SMILES string of the molecule is COC(=O)Nc1ccc(-c2nc([C@H](Cc3cccnc3C)NC(=O)/C=C/c3cc(Cl)ccc3-n3cnnn3)[nH]c2Cl)cc1. The van der Waals surface area contributed by atoms with Crippen molar-refractivity contribution in [2.45, 2.75) is 19.4 Å². The molecule has 3 heterocycles. The average molecular weight is 618 g/mol. The van der Waals surface area contributed by atoms with Crippen LogP contribution in [0.3, 0.4) is 0 Å². The van der Waals surface area contributed by atoms with Crippen LogP contribution in [0.25, 0.3) is 23.0 Å². The first-order chi connectivity index (χ1) is 20.8. The predicted molar refractivity (Wildman–Crippen MR) is 162 cm³/mol. The summed E-state index contributed by atoms with van der Waals surface area (Å²) in [6.45, 7) is 1.90. The molecule has 1 atom stereocenters. The van der Waals surface area contributed by atoms with Gasteiger partial charge in [0.05, 0.1) is 18.8 Å². The number of carbonyl (C=O) groups is 2. The van der Waals surface area contributed by atoms with Gasteiger partial charge in [-0.05, 0) is 65.4 Å². The van der Waals surface area contributed by atoms with E-state index in [0.717, 1.165) is 11.3 Å². The lowest BCUT2D eigenvalue weighted by molar-refractivity contribution is -0.117. The van der Waals surface area contributed by atoms with E-state index in [2.05, 4.69) is 40.9 Å². The summed E-state index contributed by atoms with van der Waals surface area (Å²) in [4.78, 5) is 37.0. The van der Waals surface area contributed by atoms with Crippen LogP contribution >= 0.6 is 23.2 Å². The number of benzene rings is 2. The molecule has 14 heteroatoms. The largest absolute Gasteiger partial charge is 0.453 e. The minimum absolute atomic E-state index is 0.298. The van der Waals surface area contributed by atoms with Gasteiger partial charge in [0, 0.05) is 46.2 Å². The number of hydrogen-bond donors (Lipinski definition) is 3. The molecule has 0 aliphatic carbocycles. The molecular formula is C29H25Cl2N9O3. The van der Waals surface area contributed by atoms with Crippen molar-refractivity contribution in [2.24, 2.45) is 0 Å². The number of tetrazole rings is 1. The van der Waals surface area contributed by atoms with Crippen LogP contribution in [0.5, 0.6) is 0 Å². The van der Waals surface area contributed by atoms with Gasteiger partial charge in [0.2, 0.25) is 5.91 Å². The molecule has 0 fully saturated rings. The van der Waals surface area contributed by atoms with E-state index in [1.165, 1.54) is 24.2 Å². The van der Waals surface area contributed by atoms with Gasteiger partial charge in [0.25, 0.3) is 0 Å². The van der Waals surface area contributed by atoms with Crippen molar-refractivity contribution in [3.63, 3.8) is 0 Å². The second kappa shape index (κ2) is 13.3. The summed E-state index contributed by atoms with van der Waals surface area (Å²) in [5.41, 5.74) is 4.80. The van der Waals surface area contributed by atoms with Crippen molar-refractivity contribution in [2.75, 3.05) is 12.4 Å². The number of hydrogen-bond acceptors (Lipinski definition) is 8. The first-order valence-corrected chi connectivity index (χ1v) is 13.7. The lowest BCUT2D eigenvalue weighted by atomic mass is 10.0. The molecule has 0 unspecified atom stereocenters. The van der Waals surface area contributed by atoms with Crippen LogP contribution in [0.15, 0.2) is 73.2 Å². The average Bonchev–Trinajstić information content (AvgIpc) is 3.67. The summed E-state index contributed by atoms with van der Waals surface area (Å²) in [6.07, 6.45) is 6.03. The van der Waals surface area contributed by atoms with Gasteiger partial charge in [-0.3, -0.25) is 15.1 Å². The standard InChI is InChI=1S/C29H25Cl2N9O3/c1-17-19(4-3-13-32-17)15-23(28-36-26(27(31)37-28)18-5-9-22(10-6-18)34-29(42)43-2)35-25(41)12-7-20-14-21(30)8-11-24(20)40-16-33-38-39-40/h3-14,16,23H,15H2,1-2H3,(H,34,42)(H,35,41)(H,36,37)/b12-7+/t23-/m0/s1. The smallest absolute Gasteiger partial charge is 0.411 e. The summed E-state index contributed by atoms with van der Waals surface area (Å²) < 4.78 is 6.11. The monoisotopic (exact) mass is 617 g/mol. The van der Waals surface area contributed by atoms with Gasteiger partial charge in [-0.2, -0.15) is 4.68 Å². The Morgan fingerprint density at radius 1 is 1.14 bits per heavy atom. The number of anilines is 1. The summed E-state index contributed by atoms with van der Waals surface area (Å²) in [6, 6.07) is 15.3. The van der Waals surface area contributed by atoms with E-state index in [1.54, 1.807) is 54.7 Å². The summed E-state index contributed by atoms with van der Waals surface area (Å²) in [5, 5.41) is 17.7. The third-order valence-corrected chi connectivity index (χ3v) is 6.96. The van der Waals surface area contributed by atoms with Crippen molar-refractivity contribution in [1.29, 1.82) is 0 Å². The lowest BCUT2D eigenvalue weighted by Crippen LogP contribution is -2.29. The molecule has 2 aromatic carbocycles. The van der Waals surface area contributed by atoms with Crippen molar-refractivity contribution in [3.8, 4) is 16.9 Å². The number of amides is 2. The highest BCUT2D eigenvalue weighted by molar-refractivity contribution is 6.32. The van der Waals surface area contributed by atoms with Gasteiger partial charge in [0.15, 0.2) is 0 Å². The molecule has 43 heavy (non-hydrogen) atoms. The van der Waals surface area contributed by atoms with Crippen molar-refractivity contribution in [3.05, 3.63) is 106 Å². The Balaban J connectivity index is 1.41. The molecule has 218 valence electrons. The van der Waals surface area contributed by atoms with E-state index < -0.39 is 12.1 Å². The molecule has 0 spiro atoms. The summed E-state index contributed by atoms with van der Waals surface area (Å²) in [5.74, 6) is 0.0837. The van der Waals surface area contributed by atoms with Crippen LogP contribution in [0.2, 0.25) is 10.2 Å². The van der Waals surface area contributed by atoms with E-state index in [-0.39, 0.29) is 5.91 Å². The Bertz CT molecular complexity index is 1770. The number of rotatable bonds is 9. The maximum absolute atomic E-state index is 13.3. The molecule has 3 N–H and O–H groups in total. The van der Waals surface area contributed by atoms with Gasteiger partial charge in [-0.1, -0.05) is 41.4 Å². The number of halogens is 2. The zero-order valence-corrected chi connectivity index (χ0v) is 24.5. The van der Waals surface area contributed by atoms with E-state index >= 15 is 0 Å². The first-order valence-electron chi connectivity index (χ1n) is 12.9. The molecule has 0 bridgehead atoms. The third kappa shape index (κ3) is 7.23. The van der Waals surface area contributed by atoms with Crippen LogP contribution in [0, 0.1) is 6.92 Å². The Morgan fingerprint density at radius 3 is 2.67 bits per heavy atom. The van der Waals surface area contributed by atoms with E-state index in [4.69, 9.17) is 28.2 Å². The van der Waals surface area contributed by atoms with Gasteiger partial charge in [-0.15, -0.1) is 5.10 Å². The van der Waals surface area contributed by atoms with Crippen LogP contribution in [0.1, 0.15) is 28.7 Å². The number of aryl methyl sites for hydroxylation is 1. The molecule has 5 rings (SSSR count). The van der Waals surface area contributed by atoms with E-state index in [9.17, 15) is 9.59 Å². The molecular weight excluding hydrogens is 593 g/mol. The van der Waals surface area contributed by atoms with Gasteiger partial charge in [0.1, 0.15) is 23.0 Å². The van der Waals surface area contributed by atoms with E-state index in [0.29, 0.717) is 50.6 Å². The maximum Gasteiger partial charge on any atom is 0.411 e. The summed E-state index contributed by atoms with van der Waals surface area (Å²) >= 11 is 12.8. The fraction of sp³-hybridized carbons (Fsp3) is 0.138. The highest BCUT2D eigenvalue weighted by atomic mass is 35.5. The minimum atomic E-state index is -0.579. The second-order valence-electron chi connectivity index (χ2n) is 9.28. The van der Waals surface area contributed by atoms with Crippen LogP contribution in [-0.4, -0.2) is 54.3 Å². The molecule has 5 aromatic rings. The zero-order valence-electron chi connectivity index (χ0n) is 23.0. The van der Waals surface area contributed by atoms with Crippen molar-refractivity contribution >= 4 is 47.0 Å². The molecule has 3 aromatic heterocycles. The number of aromatic nitrogens is 7. The number of nitrogens with one attached hydrogen (secondary N) is 3. The first kappa shape index (κ1) is 29.4. The number of nitrogens with zero attached hydrogens (tertiary/aromatic N) is 6. The normalized spacial score (nSPS) is 11.8. The number of imidazole rings is 1. The van der Waals surface area contributed by atoms with Crippen molar-refractivity contribution in [1.82, 2.24) is 40.5 Å². The van der Waals surface area contributed by atoms with Gasteiger partial charge < -0.3 is 15.0 Å². The number of carbonyl (C=O) groups excluding carboxylic acids is 2. The Morgan fingerprint density at radius 2 is 1.95 bits per heavy atom. The summed E-state index contributed by atoms with van der Waals surface area (Å²) in [7, 11) is 1.29. The maximum atomic E-state index is 13.3.